The van der Waals surface area contributed by atoms with E-state index in [1.54, 1.807) is 32.4 Å². The molecule has 140 valence electrons. The van der Waals surface area contributed by atoms with E-state index in [-0.39, 0.29) is 18.1 Å². The van der Waals surface area contributed by atoms with E-state index in [4.69, 9.17) is 9.47 Å². The number of urea groups is 1. The van der Waals surface area contributed by atoms with Crippen molar-refractivity contribution >= 4 is 33.9 Å². The molecule has 0 radical (unpaired) electrons. The van der Waals surface area contributed by atoms with Gasteiger partial charge in [0.15, 0.2) is 0 Å². The highest BCUT2D eigenvalue weighted by molar-refractivity contribution is 9.10. The van der Waals surface area contributed by atoms with Crippen molar-refractivity contribution in [1.29, 1.82) is 0 Å². The number of carbonyl (C=O) groups excluding carboxylic acids is 2. The number of carbonyl (C=O) groups is 2. The molecule has 1 heterocycles. The summed E-state index contributed by atoms with van der Waals surface area (Å²) >= 11 is 3.37. The average Bonchev–Trinajstić information content (AvgIpc) is 2.91. The summed E-state index contributed by atoms with van der Waals surface area (Å²) in [6.07, 6.45) is 1.62. The predicted molar refractivity (Wildman–Crippen MR) is 105 cm³/mol. The van der Waals surface area contributed by atoms with Crippen molar-refractivity contribution in [2.45, 2.75) is 13.5 Å². The number of hydrogen-bond donors (Lipinski definition) is 1. The van der Waals surface area contributed by atoms with Crippen molar-refractivity contribution in [3.05, 3.63) is 63.3 Å². The van der Waals surface area contributed by atoms with Crippen LogP contribution in [0.2, 0.25) is 0 Å². The van der Waals surface area contributed by atoms with Gasteiger partial charge in [0.25, 0.3) is 5.91 Å². The number of methoxy groups -OCH3 is 2. The normalized spacial score (nSPS) is 15.3. The first-order valence-corrected chi connectivity index (χ1v) is 9.04. The Hall–Kier alpha value is -2.80. The third-order valence-corrected chi connectivity index (χ3v) is 4.86. The van der Waals surface area contributed by atoms with E-state index in [1.165, 1.54) is 4.90 Å². The lowest BCUT2D eigenvalue weighted by molar-refractivity contribution is -0.123. The zero-order valence-electron chi connectivity index (χ0n) is 15.2. The van der Waals surface area contributed by atoms with Crippen molar-refractivity contribution in [3.8, 4) is 11.5 Å². The Morgan fingerprint density at radius 2 is 1.78 bits per heavy atom. The zero-order chi connectivity index (χ0) is 19.6. The second-order valence-corrected chi connectivity index (χ2v) is 6.94. The molecule has 0 aliphatic carbocycles. The summed E-state index contributed by atoms with van der Waals surface area (Å²) in [4.78, 5) is 26.1. The van der Waals surface area contributed by atoms with E-state index >= 15 is 0 Å². The fourth-order valence-corrected chi connectivity index (χ4v) is 3.21. The molecule has 0 spiro atoms. The van der Waals surface area contributed by atoms with Crippen LogP contribution in [0, 0.1) is 6.92 Å². The van der Waals surface area contributed by atoms with E-state index in [2.05, 4.69) is 21.2 Å². The van der Waals surface area contributed by atoms with Crippen molar-refractivity contribution in [3.63, 3.8) is 0 Å². The van der Waals surface area contributed by atoms with Crippen LogP contribution in [-0.4, -0.2) is 31.1 Å². The van der Waals surface area contributed by atoms with E-state index in [1.807, 2.05) is 31.2 Å². The van der Waals surface area contributed by atoms with Crippen molar-refractivity contribution in [1.82, 2.24) is 10.2 Å². The molecule has 0 atom stereocenters. The Labute approximate surface area is 165 Å². The van der Waals surface area contributed by atoms with Gasteiger partial charge in [-0.3, -0.25) is 9.69 Å². The summed E-state index contributed by atoms with van der Waals surface area (Å²) in [6, 6.07) is 10.6. The second-order valence-electron chi connectivity index (χ2n) is 6.02. The van der Waals surface area contributed by atoms with E-state index in [9.17, 15) is 9.59 Å². The summed E-state index contributed by atoms with van der Waals surface area (Å²) in [5.41, 5.74) is 2.57. The third-order valence-electron chi connectivity index (χ3n) is 4.33. The maximum absolute atomic E-state index is 12.7. The zero-order valence-corrected chi connectivity index (χ0v) is 16.8. The number of amides is 3. The summed E-state index contributed by atoms with van der Waals surface area (Å²) in [5, 5.41) is 2.64. The Morgan fingerprint density at radius 1 is 1.07 bits per heavy atom. The topological polar surface area (TPSA) is 67.9 Å². The molecule has 1 fully saturated rings. The summed E-state index contributed by atoms with van der Waals surface area (Å²) in [7, 11) is 3.14. The molecular weight excluding hydrogens is 412 g/mol. The number of ether oxygens (including phenoxy) is 2. The van der Waals surface area contributed by atoms with Crippen LogP contribution in [0.25, 0.3) is 6.08 Å². The highest BCUT2D eigenvalue weighted by atomic mass is 79.9. The molecule has 1 aliphatic rings. The van der Waals surface area contributed by atoms with Crippen molar-refractivity contribution in [2.75, 3.05) is 14.2 Å². The first-order valence-electron chi connectivity index (χ1n) is 8.25. The van der Waals surface area contributed by atoms with Gasteiger partial charge in [-0.2, -0.15) is 0 Å². The summed E-state index contributed by atoms with van der Waals surface area (Å²) < 4.78 is 11.7. The molecule has 1 aliphatic heterocycles. The lowest BCUT2D eigenvalue weighted by Crippen LogP contribution is -2.30. The van der Waals surface area contributed by atoms with Gasteiger partial charge in [-0.25, -0.2) is 4.79 Å². The van der Waals surface area contributed by atoms with Crippen molar-refractivity contribution in [2.24, 2.45) is 0 Å². The van der Waals surface area contributed by atoms with Crippen molar-refractivity contribution < 1.29 is 19.1 Å². The van der Waals surface area contributed by atoms with Crippen LogP contribution in [-0.2, 0) is 11.3 Å². The smallest absolute Gasteiger partial charge is 0.329 e. The molecular formula is C20H19BrN2O4. The molecule has 0 bridgehead atoms. The number of nitrogens with one attached hydrogen (secondary N) is 1. The Kier molecular flexibility index (Phi) is 5.51. The Bertz CT molecular complexity index is 922. The van der Waals surface area contributed by atoms with Gasteiger partial charge in [-0.1, -0.05) is 28.1 Å². The van der Waals surface area contributed by atoms with Crippen LogP contribution < -0.4 is 14.8 Å². The lowest BCUT2D eigenvalue weighted by Gasteiger charge is -2.13. The fraction of sp³-hybridized carbons (Fsp3) is 0.200. The Balaban J connectivity index is 1.88. The van der Waals surface area contributed by atoms with Gasteiger partial charge >= 0.3 is 6.03 Å². The maximum Gasteiger partial charge on any atom is 0.329 e. The molecule has 27 heavy (non-hydrogen) atoms. The minimum atomic E-state index is -0.446. The molecule has 3 rings (SSSR count). The standard InChI is InChI=1S/C20H19BrN2O4/c1-12-17(26-2)9-6-14(18(12)27-3)10-16-19(24)23(20(25)22-16)11-13-4-7-15(21)8-5-13/h4-10H,11H2,1-3H3,(H,22,25)/b16-10+. The molecule has 2 aromatic rings. The number of benzene rings is 2. The SMILES string of the molecule is COc1ccc(/C=C2/NC(=O)N(Cc3ccc(Br)cc3)C2=O)c(OC)c1C. The van der Waals surface area contributed by atoms with Gasteiger partial charge in [-0.05, 0) is 42.8 Å². The molecule has 0 saturated carbocycles. The average molecular weight is 431 g/mol. The highest BCUT2D eigenvalue weighted by Gasteiger charge is 2.33. The van der Waals surface area contributed by atoms with Crippen LogP contribution in [0.5, 0.6) is 11.5 Å². The highest BCUT2D eigenvalue weighted by Crippen LogP contribution is 2.33. The van der Waals surface area contributed by atoms with Crippen LogP contribution in [0.3, 0.4) is 0 Å². The monoisotopic (exact) mass is 430 g/mol. The molecule has 3 amide bonds. The molecule has 2 aromatic carbocycles. The van der Waals surface area contributed by atoms with Gasteiger partial charge in [0, 0.05) is 15.6 Å². The molecule has 0 unspecified atom stereocenters. The van der Waals surface area contributed by atoms with E-state index in [0.717, 1.165) is 15.6 Å². The van der Waals surface area contributed by atoms with Crippen LogP contribution in [0.1, 0.15) is 16.7 Å². The van der Waals surface area contributed by atoms with Gasteiger partial charge < -0.3 is 14.8 Å². The molecule has 0 aromatic heterocycles. The van der Waals surface area contributed by atoms with Gasteiger partial charge in [0.2, 0.25) is 0 Å². The van der Waals surface area contributed by atoms with Crippen LogP contribution >= 0.6 is 15.9 Å². The fourth-order valence-electron chi connectivity index (χ4n) is 2.94. The lowest BCUT2D eigenvalue weighted by atomic mass is 10.1. The van der Waals surface area contributed by atoms with E-state index < -0.39 is 6.03 Å². The number of rotatable bonds is 5. The number of nitrogens with zero attached hydrogens (tertiary/aromatic N) is 1. The summed E-state index contributed by atoms with van der Waals surface area (Å²) in [5.74, 6) is 0.904. The summed E-state index contributed by atoms with van der Waals surface area (Å²) in [6.45, 7) is 2.07. The molecule has 6 nitrogen and oxygen atoms in total. The van der Waals surface area contributed by atoms with Gasteiger partial charge in [0.05, 0.1) is 20.8 Å². The number of halogens is 1. The van der Waals surface area contributed by atoms with Crippen LogP contribution in [0.15, 0.2) is 46.6 Å². The number of imide groups is 1. The largest absolute Gasteiger partial charge is 0.496 e. The van der Waals surface area contributed by atoms with Gasteiger partial charge in [0.1, 0.15) is 17.2 Å². The quantitative estimate of drug-likeness (QED) is 0.577. The van der Waals surface area contributed by atoms with Gasteiger partial charge in [-0.15, -0.1) is 0 Å². The minimum Gasteiger partial charge on any atom is -0.496 e. The first-order chi connectivity index (χ1) is 12.9. The third kappa shape index (κ3) is 3.83. The minimum absolute atomic E-state index is 0.202. The predicted octanol–water partition coefficient (Wildman–Crippen LogP) is 3.87. The first kappa shape index (κ1) is 19.0. The number of hydrogen-bond acceptors (Lipinski definition) is 4. The maximum atomic E-state index is 12.7. The molecule has 7 heteroatoms. The Morgan fingerprint density at radius 3 is 2.41 bits per heavy atom. The van der Waals surface area contributed by atoms with Crippen LogP contribution in [0.4, 0.5) is 4.79 Å². The molecule has 1 N–H and O–H groups in total. The van der Waals surface area contributed by atoms with E-state index in [0.29, 0.717) is 17.1 Å². The second kappa shape index (κ2) is 7.84. The molecule has 1 saturated heterocycles.